The fourth-order valence-corrected chi connectivity index (χ4v) is 3.02. The van der Waals surface area contributed by atoms with Crippen LogP contribution in [0.3, 0.4) is 0 Å². The van der Waals surface area contributed by atoms with Gasteiger partial charge in [-0.25, -0.2) is 0 Å². The molecule has 0 radical (unpaired) electrons. The number of ether oxygens (including phenoxy) is 3. The first-order valence-electron chi connectivity index (χ1n) is 10.1. The zero-order valence-electron chi connectivity index (χ0n) is 17.1. The highest BCUT2D eigenvalue weighted by Crippen LogP contribution is 2.13. The Hall–Kier alpha value is -1.79. The standard InChI is InChI=1S/C21H35N3O3/c1-4-22-21(23-13-6-14-27-20-11-15-25-16-12-20)24(3)17-18-7-9-19(10-8-18)26-5-2/h7-10,20H,4-6,11-17H2,1-3H3,(H,22,23). The van der Waals surface area contributed by atoms with Gasteiger partial charge >= 0.3 is 0 Å². The van der Waals surface area contributed by atoms with Crippen molar-refractivity contribution >= 4 is 5.96 Å². The minimum atomic E-state index is 0.360. The summed E-state index contributed by atoms with van der Waals surface area (Å²) in [6.45, 7) is 9.60. The lowest BCUT2D eigenvalue weighted by atomic mass is 10.1. The quantitative estimate of drug-likeness (QED) is 0.386. The number of nitrogens with zero attached hydrogens (tertiary/aromatic N) is 2. The third-order valence-electron chi connectivity index (χ3n) is 4.44. The molecule has 1 N–H and O–H groups in total. The SMILES string of the molecule is CCNC(=NCCCOC1CCOCC1)N(C)Cc1ccc(OCC)cc1. The summed E-state index contributed by atoms with van der Waals surface area (Å²) >= 11 is 0. The van der Waals surface area contributed by atoms with Crippen LogP contribution in [0.25, 0.3) is 0 Å². The number of hydrogen-bond acceptors (Lipinski definition) is 4. The van der Waals surface area contributed by atoms with Gasteiger partial charge < -0.3 is 24.4 Å². The first-order valence-corrected chi connectivity index (χ1v) is 10.1. The van der Waals surface area contributed by atoms with E-state index in [0.29, 0.717) is 12.7 Å². The molecule has 1 aliphatic heterocycles. The third kappa shape index (κ3) is 8.18. The molecule has 6 heteroatoms. The molecule has 1 aromatic rings. The van der Waals surface area contributed by atoms with Crippen molar-refractivity contribution in [2.24, 2.45) is 4.99 Å². The Morgan fingerprint density at radius 2 is 1.96 bits per heavy atom. The maximum Gasteiger partial charge on any atom is 0.193 e. The number of hydrogen-bond donors (Lipinski definition) is 1. The fraction of sp³-hybridized carbons (Fsp3) is 0.667. The fourth-order valence-electron chi connectivity index (χ4n) is 3.02. The van der Waals surface area contributed by atoms with E-state index in [1.165, 1.54) is 5.56 Å². The Bertz CT molecular complexity index is 542. The topological polar surface area (TPSA) is 55.3 Å². The minimum Gasteiger partial charge on any atom is -0.494 e. The molecule has 27 heavy (non-hydrogen) atoms. The van der Waals surface area contributed by atoms with Crippen LogP contribution in [0.1, 0.15) is 38.7 Å². The number of aliphatic imine (C=N–C) groups is 1. The van der Waals surface area contributed by atoms with E-state index in [0.717, 1.165) is 70.4 Å². The van der Waals surface area contributed by atoms with E-state index >= 15 is 0 Å². The van der Waals surface area contributed by atoms with Gasteiger partial charge in [-0.1, -0.05) is 12.1 Å². The van der Waals surface area contributed by atoms with Crippen LogP contribution >= 0.6 is 0 Å². The summed E-state index contributed by atoms with van der Waals surface area (Å²) in [4.78, 5) is 6.89. The highest BCUT2D eigenvalue weighted by Gasteiger charge is 2.13. The van der Waals surface area contributed by atoms with Crippen LogP contribution < -0.4 is 10.1 Å². The summed E-state index contributed by atoms with van der Waals surface area (Å²) in [5.74, 6) is 1.84. The summed E-state index contributed by atoms with van der Waals surface area (Å²) < 4.78 is 16.8. The molecule has 152 valence electrons. The molecular weight excluding hydrogens is 342 g/mol. The Balaban J connectivity index is 1.76. The molecule has 1 heterocycles. The predicted molar refractivity (Wildman–Crippen MR) is 109 cm³/mol. The van der Waals surface area contributed by atoms with Crippen LogP contribution in [0.15, 0.2) is 29.3 Å². The first kappa shape index (κ1) is 21.5. The monoisotopic (exact) mass is 377 g/mol. The summed E-state index contributed by atoms with van der Waals surface area (Å²) in [5.41, 5.74) is 1.23. The Labute approximate surface area is 163 Å². The van der Waals surface area contributed by atoms with Crippen LogP contribution in [-0.4, -0.2) is 63.5 Å². The number of guanidine groups is 1. The molecule has 1 aliphatic rings. The van der Waals surface area contributed by atoms with E-state index in [4.69, 9.17) is 19.2 Å². The molecule has 0 unspecified atom stereocenters. The number of rotatable bonds is 10. The molecule has 0 atom stereocenters. The molecule has 1 fully saturated rings. The average molecular weight is 378 g/mol. The molecule has 0 amide bonds. The summed E-state index contributed by atoms with van der Waals surface area (Å²) in [5, 5.41) is 3.37. The second-order valence-electron chi connectivity index (χ2n) is 6.70. The lowest BCUT2D eigenvalue weighted by molar-refractivity contribution is -0.0318. The Morgan fingerprint density at radius 1 is 1.22 bits per heavy atom. The van der Waals surface area contributed by atoms with Crippen molar-refractivity contribution in [1.29, 1.82) is 0 Å². The van der Waals surface area contributed by atoms with Gasteiger partial charge in [0.05, 0.1) is 12.7 Å². The van der Waals surface area contributed by atoms with E-state index in [1.807, 2.05) is 19.1 Å². The second-order valence-corrected chi connectivity index (χ2v) is 6.70. The van der Waals surface area contributed by atoms with Crippen LogP contribution in [0.4, 0.5) is 0 Å². The van der Waals surface area contributed by atoms with Crippen molar-refractivity contribution < 1.29 is 14.2 Å². The second kappa shape index (κ2) is 12.6. The van der Waals surface area contributed by atoms with E-state index in [1.54, 1.807) is 0 Å². The summed E-state index contributed by atoms with van der Waals surface area (Å²) in [6, 6.07) is 8.24. The van der Waals surface area contributed by atoms with Crippen molar-refractivity contribution in [3.63, 3.8) is 0 Å². The molecule has 0 aliphatic carbocycles. The molecule has 0 aromatic heterocycles. The van der Waals surface area contributed by atoms with Crippen molar-refractivity contribution in [1.82, 2.24) is 10.2 Å². The third-order valence-corrected chi connectivity index (χ3v) is 4.44. The Morgan fingerprint density at radius 3 is 2.63 bits per heavy atom. The van der Waals surface area contributed by atoms with Gasteiger partial charge in [-0.05, 0) is 50.8 Å². The van der Waals surface area contributed by atoms with Gasteiger partial charge in [-0.15, -0.1) is 0 Å². The van der Waals surface area contributed by atoms with Gasteiger partial charge in [-0.2, -0.15) is 0 Å². The zero-order valence-corrected chi connectivity index (χ0v) is 17.1. The molecule has 1 aromatic carbocycles. The minimum absolute atomic E-state index is 0.360. The molecule has 2 rings (SSSR count). The van der Waals surface area contributed by atoms with E-state index in [2.05, 4.69) is 36.3 Å². The van der Waals surface area contributed by atoms with Crippen molar-refractivity contribution in [2.45, 2.75) is 45.8 Å². The van der Waals surface area contributed by atoms with Gasteiger partial charge in [0.2, 0.25) is 0 Å². The van der Waals surface area contributed by atoms with E-state index in [-0.39, 0.29) is 0 Å². The van der Waals surface area contributed by atoms with Crippen LogP contribution in [-0.2, 0) is 16.0 Å². The van der Waals surface area contributed by atoms with Crippen LogP contribution in [0.5, 0.6) is 5.75 Å². The molecule has 6 nitrogen and oxygen atoms in total. The predicted octanol–water partition coefficient (Wildman–Crippen LogP) is 3.07. The number of benzene rings is 1. The lowest BCUT2D eigenvalue weighted by Crippen LogP contribution is -2.38. The smallest absolute Gasteiger partial charge is 0.193 e. The molecule has 0 spiro atoms. The molecule has 1 saturated heterocycles. The van der Waals surface area contributed by atoms with Crippen molar-refractivity contribution in [3.05, 3.63) is 29.8 Å². The van der Waals surface area contributed by atoms with Gasteiger partial charge in [0.1, 0.15) is 5.75 Å². The number of nitrogens with one attached hydrogen (secondary N) is 1. The zero-order chi connectivity index (χ0) is 19.3. The first-order chi connectivity index (χ1) is 13.2. The van der Waals surface area contributed by atoms with Crippen molar-refractivity contribution in [2.75, 3.05) is 46.6 Å². The van der Waals surface area contributed by atoms with E-state index < -0.39 is 0 Å². The van der Waals surface area contributed by atoms with Gasteiger partial charge in [0.15, 0.2) is 5.96 Å². The van der Waals surface area contributed by atoms with Gasteiger partial charge in [0, 0.05) is 46.5 Å². The van der Waals surface area contributed by atoms with Crippen molar-refractivity contribution in [3.8, 4) is 5.75 Å². The maximum absolute atomic E-state index is 5.92. The summed E-state index contributed by atoms with van der Waals surface area (Å²) in [7, 11) is 2.07. The molecular formula is C21H35N3O3. The summed E-state index contributed by atoms with van der Waals surface area (Å²) in [6.07, 6.45) is 3.31. The van der Waals surface area contributed by atoms with Crippen LogP contribution in [0, 0.1) is 0 Å². The molecule has 0 saturated carbocycles. The van der Waals surface area contributed by atoms with Gasteiger partial charge in [0.25, 0.3) is 0 Å². The lowest BCUT2D eigenvalue weighted by Gasteiger charge is -2.23. The van der Waals surface area contributed by atoms with Crippen LogP contribution in [0.2, 0.25) is 0 Å². The van der Waals surface area contributed by atoms with Gasteiger partial charge in [-0.3, -0.25) is 4.99 Å². The highest BCUT2D eigenvalue weighted by atomic mass is 16.5. The molecule has 0 bridgehead atoms. The average Bonchev–Trinajstić information content (AvgIpc) is 2.69. The highest BCUT2D eigenvalue weighted by molar-refractivity contribution is 5.79. The Kier molecular flexibility index (Phi) is 10.0. The largest absolute Gasteiger partial charge is 0.494 e. The maximum atomic E-state index is 5.92. The normalized spacial score (nSPS) is 15.6. The van der Waals surface area contributed by atoms with E-state index in [9.17, 15) is 0 Å².